The van der Waals surface area contributed by atoms with Gasteiger partial charge in [-0.1, -0.05) is 29.5 Å². The number of hydrogen-bond donors (Lipinski definition) is 5. The average Bonchev–Trinajstić information content (AvgIpc) is 2.95. The van der Waals surface area contributed by atoms with Gasteiger partial charge < -0.3 is 16.6 Å². The molecule has 26 heavy (non-hydrogen) atoms. The first kappa shape index (κ1) is 18.9. The first-order valence-electron chi connectivity index (χ1n) is 7.50. The average molecular weight is 373 g/mol. The second-order valence-corrected chi connectivity index (χ2v) is 6.14. The van der Waals surface area contributed by atoms with E-state index in [0.29, 0.717) is 27.0 Å². The molecule has 0 fully saturated rings. The van der Waals surface area contributed by atoms with Crippen molar-refractivity contribution < 1.29 is 9.90 Å². The third-order valence-corrected chi connectivity index (χ3v) is 4.10. The molecule has 0 bridgehead atoms. The number of phenolic OH excluding ortho intramolecular Hbond substituents is 1. The molecular formula is C16H19N7O2S. The molecule has 1 aromatic heterocycles. The first-order valence-corrected chi connectivity index (χ1v) is 8.31. The zero-order chi connectivity index (χ0) is 19.1. The van der Waals surface area contributed by atoms with Crippen molar-refractivity contribution in [3.8, 4) is 5.75 Å². The molecule has 0 saturated heterocycles. The van der Waals surface area contributed by atoms with Crippen molar-refractivity contribution in [3.63, 3.8) is 0 Å². The number of aromatic hydroxyl groups is 1. The summed E-state index contributed by atoms with van der Waals surface area (Å²) in [7, 11) is 0. The van der Waals surface area contributed by atoms with E-state index in [9.17, 15) is 9.90 Å². The van der Waals surface area contributed by atoms with Gasteiger partial charge in [-0.15, -0.1) is 10.2 Å². The molecule has 0 aliphatic rings. The van der Waals surface area contributed by atoms with E-state index < -0.39 is 0 Å². The van der Waals surface area contributed by atoms with Crippen molar-refractivity contribution in [2.75, 3.05) is 5.43 Å². The van der Waals surface area contributed by atoms with E-state index in [0.717, 1.165) is 0 Å². The zero-order valence-corrected chi connectivity index (χ0v) is 15.0. The largest absolute Gasteiger partial charge is 0.507 e. The fourth-order valence-corrected chi connectivity index (χ4v) is 2.78. The Balaban J connectivity index is 2.37. The molecular weight excluding hydrogens is 354 g/mol. The van der Waals surface area contributed by atoms with Crippen LogP contribution in [0.15, 0.2) is 40.5 Å². The van der Waals surface area contributed by atoms with Crippen LogP contribution in [-0.4, -0.2) is 27.7 Å². The first-order chi connectivity index (χ1) is 12.4. The number of carbonyl (C=O) groups is 1. The number of allylic oxidation sites excluding steroid dienone is 1. The van der Waals surface area contributed by atoms with E-state index in [1.807, 2.05) is 0 Å². The molecule has 2 rings (SSSR count). The number of para-hydroxylation sites is 1. The highest BCUT2D eigenvalue weighted by Crippen LogP contribution is 2.24. The molecule has 1 aromatic carbocycles. The molecule has 1 amide bonds. The van der Waals surface area contributed by atoms with Gasteiger partial charge >= 0.3 is 0 Å². The van der Waals surface area contributed by atoms with Crippen molar-refractivity contribution in [2.45, 2.75) is 13.8 Å². The summed E-state index contributed by atoms with van der Waals surface area (Å²) < 4.78 is 0. The molecule has 10 heteroatoms. The van der Waals surface area contributed by atoms with E-state index in [1.165, 1.54) is 18.3 Å². The van der Waals surface area contributed by atoms with Crippen molar-refractivity contribution in [1.29, 1.82) is 0 Å². The van der Waals surface area contributed by atoms with Crippen LogP contribution in [0.3, 0.4) is 0 Å². The van der Waals surface area contributed by atoms with Gasteiger partial charge in [0.15, 0.2) is 0 Å². The van der Waals surface area contributed by atoms with E-state index in [4.69, 9.17) is 11.5 Å². The summed E-state index contributed by atoms with van der Waals surface area (Å²) in [5.74, 6) is -0.288. The maximum Gasteiger partial charge on any atom is 0.235 e. The Morgan fingerprint density at radius 2 is 2.04 bits per heavy atom. The SMILES string of the molecule is CC(=O)NNc1nc(C)c(C(C=Cc2ccccc2O)=NN=C(N)N)s1. The fraction of sp³-hybridized carbons (Fsp3) is 0.125. The second-order valence-electron chi connectivity index (χ2n) is 5.14. The highest BCUT2D eigenvalue weighted by atomic mass is 32.1. The van der Waals surface area contributed by atoms with Crippen LogP contribution in [0.4, 0.5) is 5.13 Å². The summed E-state index contributed by atoms with van der Waals surface area (Å²) in [5.41, 5.74) is 17.6. The number of aryl methyl sites for hydroxylation is 1. The Kier molecular flexibility index (Phi) is 6.28. The Bertz CT molecular complexity index is 882. The number of thiazole rings is 1. The summed E-state index contributed by atoms with van der Waals surface area (Å²) >= 11 is 1.27. The third-order valence-electron chi connectivity index (χ3n) is 3.01. The summed E-state index contributed by atoms with van der Waals surface area (Å²) in [6.07, 6.45) is 3.36. The fourth-order valence-electron chi connectivity index (χ4n) is 1.89. The minimum absolute atomic E-state index is 0.138. The normalized spacial score (nSPS) is 11.4. The van der Waals surface area contributed by atoms with Gasteiger partial charge in [-0.25, -0.2) is 4.98 Å². The lowest BCUT2D eigenvalue weighted by molar-refractivity contribution is -0.118. The summed E-state index contributed by atoms with van der Waals surface area (Å²) in [5, 5.41) is 18.1. The van der Waals surface area contributed by atoms with E-state index in [1.54, 1.807) is 43.3 Å². The van der Waals surface area contributed by atoms with Crippen LogP contribution in [0.5, 0.6) is 5.75 Å². The van der Waals surface area contributed by atoms with Crippen molar-refractivity contribution >= 4 is 40.1 Å². The van der Waals surface area contributed by atoms with Crippen molar-refractivity contribution in [2.24, 2.45) is 21.7 Å². The van der Waals surface area contributed by atoms with Crippen LogP contribution >= 0.6 is 11.3 Å². The van der Waals surface area contributed by atoms with E-state index in [-0.39, 0.29) is 17.6 Å². The highest BCUT2D eigenvalue weighted by Gasteiger charge is 2.12. The van der Waals surface area contributed by atoms with Gasteiger partial charge in [0.25, 0.3) is 0 Å². The Morgan fingerprint density at radius 3 is 2.69 bits per heavy atom. The Hall–Kier alpha value is -3.40. The lowest BCUT2D eigenvalue weighted by atomic mass is 10.1. The van der Waals surface area contributed by atoms with Gasteiger partial charge in [-0.3, -0.25) is 15.6 Å². The topological polar surface area (TPSA) is 151 Å². The van der Waals surface area contributed by atoms with E-state index >= 15 is 0 Å². The number of rotatable bonds is 6. The van der Waals surface area contributed by atoms with Crippen LogP contribution in [-0.2, 0) is 4.79 Å². The molecule has 1 heterocycles. The summed E-state index contributed by atoms with van der Waals surface area (Å²) in [6.45, 7) is 3.18. The van der Waals surface area contributed by atoms with Gasteiger partial charge in [-0.2, -0.15) is 0 Å². The molecule has 0 saturated carbocycles. The smallest absolute Gasteiger partial charge is 0.235 e. The van der Waals surface area contributed by atoms with Crippen LogP contribution in [0.25, 0.3) is 6.08 Å². The predicted octanol–water partition coefficient (Wildman–Crippen LogP) is 1.31. The predicted molar refractivity (Wildman–Crippen MR) is 104 cm³/mol. The zero-order valence-electron chi connectivity index (χ0n) is 14.2. The number of anilines is 1. The molecule has 0 aliphatic heterocycles. The Labute approximate surface area is 154 Å². The van der Waals surface area contributed by atoms with Crippen LogP contribution in [0.2, 0.25) is 0 Å². The number of benzene rings is 1. The number of nitrogens with zero attached hydrogens (tertiary/aromatic N) is 3. The van der Waals surface area contributed by atoms with Crippen LogP contribution in [0.1, 0.15) is 23.1 Å². The molecule has 0 aliphatic carbocycles. The number of nitrogens with one attached hydrogen (secondary N) is 2. The number of carbonyl (C=O) groups excluding carboxylic acids is 1. The molecule has 0 atom stereocenters. The maximum atomic E-state index is 11.0. The van der Waals surface area contributed by atoms with E-state index in [2.05, 4.69) is 26.0 Å². The quantitative estimate of drug-likeness (QED) is 0.292. The molecule has 7 N–H and O–H groups in total. The molecule has 0 spiro atoms. The number of aromatic nitrogens is 1. The number of guanidine groups is 1. The highest BCUT2D eigenvalue weighted by molar-refractivity contribution is 7.17. The van der Waals surface area contributed by atoms with Gasteiger partial charge in [-0.05, 0) is 25.1 Å². The van der Waals surface area contributed by atoms with Gasteiger partial charge in [0, 0.05) is 12.5 Å². The minimum Gasteiger partial charge on any atom is -0.507 e. The van der Waals surface area contributed by atoms with Crippen LogP contribution < -0.4 is 22.3 Å². The minimum atomic E-state index is -0.242. The number of hydrogen-bond acceptors (Lipinski definition) is 7. The van der Waals surface area contributed by atoms with Crippen molar-refractivity contribution in [3.05, 3.63) is 46.5 Å². The van der Waals surface area contributed by atoms with Gasteiger partial charge in [0.1, 0.15) is 11.5 Å². The number of phenols is 1. The molecule has 9 nitrogen and oxygen atoms in total. The summed E-state index contributed by atoms with van der Waals surface area (Å²) in [6, 6.07) is 6.88. The number of amides is 1. The monoisotopic (exact) mass is 373 g/mol. The maximum absolute atomic E-state index is 11.0. The second kappa shape index (κ2) is 8.62. The van der Waals surface area contributed by atoms with Gasteiger partial charge in [0.2, 0.25) is 17.0 Å². The lowest BCUT2D eigenvalue weighted by Crippen LogP contribution is -2.26. The number of nitrogens with two attached hydrogens (primary N) is 2. The van der Waals surface area contributed by atoms with Crippen LogP contribution in [0, 0.1) is 6.92 Å². The summed E-state index contributed by atoms with van der Waals surface area (Å²) in [4.78, 5) is 16.0. The Morgan fingerprint density at radius 1 is 1.31 bits per heavy atom. The standard InChI is InChI=1S/C16H19N7O2S/c1-9-14(26-16(19-9)23-20-10(2)24)12(21-22-15(17)18)8-7-11-5-3-4-6-13(11)25/h3-8,25H,1-2H3,(H,19,23)(H,20,24)(H4,17,18,22). The molecule has 0 unspecified atom stereocenters. The molecule has 136 valence electrons. The van der Waals surface area contributed by atoms with Gasteiger partial charge in [0.05, 0.1) is 10.6 Å². The lowest BCUT2D eigenvalue weighted by Gasteiger charge is -2.00. The molecule has 0 radical (unpaired) electrons. The molecule has 2 aromatic rings. The number of hydrazine groups is 1. The third kappa shape index (κ3) is 5.31. The van der Waals surface area contributed by atoms with Crippen molar-refractivity contribution in [1.82, 2.24) is 10.4 Å².